The highest BCUT2D eigenvalue weighted by molar-refractivity contribution is 7.86. The van der Waals surface area contributed by atoms with Gasteiger partial charge in [0.25, 0.3) is 16.1 Å². The van der Waals surface area contributed by atoms with Crippen LogP contribution >= 0.6 is 11.6 Å². The second-order valence-electron chi connectivity index (χ2n) is 6.65. The lowest BCUT2D eigenvalue weighted by Crippen LogP contribution is -1.99. The Morgan fingerprint density at radius 2 is 1.24 bits per heavy atom. The fourth-order valence-electron chi connectivity index (χ4n) is 2.75. The number of nitrogens with zero attached hydrogens (tertiary/aromatic N) is 8. The Hall–Kier alpha value is -4.48. The Labute approximate surface area is 220 Å². The molecule has 18 heteroatoms. The molecule has 200 valence electrons. The first kappa shape index (κ1) is 28.1. The van der Waals surface area contributed by atoms with E-state index in [9.17, 15) is 18.1 Å². The average Bonchev–Trinajstić information content (AvgIpc) is 2.91. The Balaban J connectivity index is 0.000000304. The van der Waals surface area contributed by atoms with Gasteiger partial charge in [0.1, 0.15) is 10.6 Å². The second kappa shape index (κ2) is 12.2. The molecule has 2 heterocycles. The number of hydrogen-bond donors (Lipinski definition) is 2. The molecule has 0 aliphatic heterocycles. The van der Waals surface area contributed by atoms with Crippen LogP contribution in [-0.4, -0.2) is 76.4 Å². The van der Waals surface area contributed by atoms with E-state index in [0.29, 0.717) is 0 Å². The summed E-state index contributed by atoms with van der Waals surface area (Å²) in [5, 5.41) is 18.3. The highest BCUT2D eigenvalue weighted by Gasteiger charge is 2.19. The fraction of sp³-hybridized carbons (Fsp3) is 0.200. The van der Waals surface area contributed by atoms with Gasteiger partial charge in [0.2, 0.25) is 5.28 Å². The van der Waals surface area contributed by atoms with E-state index in [2.05, 4.69) is 40.1 Å². The van der Waals surface area contributed by atoms with Crippen molar-refractivity contribution < 1.29 is 37.0 Å². The number of aromatic hydroxyl groups is 1. The normalized spacial score (nSPS) is 11.1. The van der Waals surface area contributed by atoms with Crippen LogP contribution in [0.3, 0.4) is 0 Å². The summed E-state index contributed by atoms with van der Waals surface area (Å²) < 4.78 is 52.1. The number of azo groups is 1. The molecule has 0 aliphatic rings. The van der Waals surface area contributed by atoms with E-state index in [1.807, 2.05) is 0 Å². The van der Waals surface area contributed by atoms with Crippen LogP contribution in [-0.2, 0) is 10.1 Å². The number of halogens is 1. The molecule has 38 heavy (non-hydrogen) atoms. The van der Waals surface area contributed by atoms with Crippen LogP contribution in [0.4, 0.5) is 11.6 Å². The van der Waals surface area contributed by atoms with Crippen LogP contribution in [0.25, 0.3) is 10.8 Å². The maximum absolute atomic E-state index is 11.7. The number of rotatable bonds is 7. The zero-order valence-corrected chi connectivity index (χ0v) is 21.7. The van der Waals surface area contributed by atoms with Gasteiger partial charge >= 0.3 is 24.0 Å². The van der Waals surface area contributed by atoms with Crippen molar-refractivity contribution in [2.75, 3.05) is 28.4 Å². The predicted octanol–water partition coefficient (Wildman–Crippen LogP) is 2.95. The Bertz CT molecular complexity index is 1540. The first-order valence-corrected chi connectivity index (χ1v) is 11.9. The number of phenolic OH excluding ortho intramolecular Hbond substituents is 1. The highest BCUT2D eigenvalue weighted by Crippen LogP contribution is 2.39. The molecule has 4 rings (SSSR count). The van der Waals surface area contributed by atoms with Crippen molar-refractivity contribution in [3.63, 3.8) is 0 Å². The number of benzene rings is 2. The smallest absolute Gasteiger partial charge is 0.324 e. The Morgan fingerprint density at radius 1 is 0.763 bits per heavy atom. The standard InChI is InChI=1S/C15H13N5O6S.C5H6ClN3O2/c1-25-14-16-13(17-15(18-14)26-2)20-19-10-7-11(27(22,23)24)8-5-3-4-6-9(8)12(10)21;1-10-4-7-3(6)8-5(9-4)11-2/h3-7,21H,1-2H3,(H,22,23,24);1-2H3. The van der Waals surface area contributed by atoms with Crippen LogP contribution in [0.15, 0.2) is 45.5 Å². The minimum Gasteiger partial charge on any atom is -0.505 e. The summed E-state index contributed by atoms with van der Waals surface area (Å²) in [6.45, 7) is 0. The zero-order valence-electron chi connectivity index (χ0n) is 20.1. The molecule has 16 nitrogen and oxygen atoms in total. The van der Waals surface area contributed by atoms with Crippen molar-refractivity contribution in [3.05, 3.63) is 35.6 Å². The lowest BCUT2D eigenvalue weighted by molar-refractivity contribution is 0.340. The monoisotopic (exact) mass is 566 g/mol. The van der Waals surface area contributed by atoms with E-state index in [4.69, 9.17) is 30.5 Å². The summed E-state index contributed by atoms with van der Waals surface area (Å²) in [7, 11) is 0.977. The van der Waals surface area contributed by atoms with Gasteiger partial charge in [0, 0.05) is 10.8 Å². The fourth-order valence-corrected chi connectivity index (χ4v) is 3.61. The molecule has 0 fully saturated rings. The van der Waals surface area contributed by atoms with E-state index in [0.717, 1.165) is 6.07 Å². The molecule has 2 aromatic heterocycles. The van der Waals surface area contributed by atoms with Crippen LogP contribution < -0.4 is 18.9 Å². The van der Waals surface area contributed by atoms with E-state index < -0.39 is 15.0 Å². The van der Waals surface area contributed by atoms with Gasteiger partial charge in [0.15, 0.2) is 5.75 Å². The molecule has 2 N–H and O–H groups in total. The molecule has 2 aromatic carbocycles. The van der Waals surface area contributed by atoms with Crippen molar-refractivity contribution in [1.82, 2.24) is 29.9 Å². The lowest BCUT2D eigenvalue weighted by atomic mass is 10.1. The van der Waals surface area contributed by atoms with E-state index in [1.54, 1.807) is 12.1 Å². The van der Waals surface area contributed by atoms with Crippen molar-refractivity contribution in [2.45, 2.75) is 4.90 Å². The molecule has 4 aromatic rings. The number of ether oxygens (including phenoxy) is 4. The van der Waals surface area contributed by atoms with Crippen LogP contribution in [0.5, 0.6) is 29.8 Å². The van der Waals surface area contributed by atoms with E-state index >= 15 is 0 Å². The molecule has 0 saturated carbocycles. The van der Waals surface area contributed by atoms with E-state index in [-0.39, 0.29) is 57.5 Å². The third-order valence-corrected chi connectivity index (χ3v) is 5.43. The minimum absolute atomic E-state index is 0.0497. The highest BCUT2D eigenvalue weighted by atomic mass is 35.5. The lowest BCUT2D eigenvalue weighted by Gasteiger charge is -2.08. The molecule has 0 aliphatic carbocycles. The zero-order chi connectivity index (χ0) is 27.9. The van der Waals surface area contributed by atoms with E-state index in [1.165, 1.54) is 40.6 Å². The van der Waals surface area contributed by atoms with Gasteiger partial charge in [-0.25, -0.2) is 0 Å². The van der Waals surface area contributed by atoms with Crippen molar-refractivity contribution in [2.24, 2.45) is 10.2 Å². The number of methoxy groups -OCH3 is 4. The minimum atomic E-state index is -4.57. The summed E-state index contributed by atoms with van der Waals surface area (Å²) in [4.78, 5) is 22.1. The van der Waals surface area contributed by atoms with Gasteiger partial charge in [-0.05, 0) is 17.7 Å². The molecule has 0 saturated heterocycles. The van der Waals surface area contributed by atoms with Crippen LogP contribution in [0.2, 0.25) is 5.28 Å². The number of hydrogen-bond acceptors (Lipinski definition) is 15. The molecule has 0 amide bonds. The molecule has 0 atom stereocenters. The van der Waals surface area contributed by atoms with Crippen molar-refractivity contribution in [1.29, 1.82) is 0 Å². The first-order valence-electron chi connectivity index (χ1n) is 10.1. The molecule has 0 unspecified atom stereocenters. The maximum atomic E-state index is 11.7. The number of aromatic nitrogens is 6. The SMILES string of the molecule is COc1nc(Cl)nc(OC)n1.COc1nc(N=Nc2cc(S(=O)(=O)O)c3ccccc3c2O)nc(OC)n1. The molecule has 0 radical (unpaired) electrons. The second-order valence-corrected chi connectivity index (χ2v) is 8.38. The van der Waals surface area contributed by atoms with Crippen molar-refractivity contribution in [3.8, 4) is 29.8 Å². The van der Waals surface area contributed by atoms with Gasteiger partial charge in [-0.15, -0.1) is 20.2 Å². The summed E-state index contributed by atoms with van der Waals surface area (Å²) in [5.74, 6) is -0.519. The van der Waals surface area contributed by atoms with Gasteiger partial charge in [-0.1, -0.05) is 24.3 Å². The third-order valence-electron chi connectivity index (χ3n) is 4.36. The molecular formula is C20H19ClN8O8S. The van der Waals surface area contributed by atoms with Crippen LogP contribution in [0.1, 0.15) is 0 Å². The predicted molar refractivity (Wildman–Crippen MR) is 130 cm³/mol. The summed E-state index contributed by atoms with van der Waals surface area (Å²) in [6, 6.07) is 7.22. The van der Waals surface area contributed by atoms with Crippen molar-refractivity contribution >= 4 is 44.1 Å². The maximum Gasteiger partial charge on any atom is 0.324 e. The molecule has 0 spiro atoms. The molecule has 0 bridgehead atoms. The van der Waals surface area contributed by atoms with Gasteiger partial charge < -0.3 is 24.1 Å². The van der Waals surface area contributed by atoms with Crippen LogP contribution in [0, 0.1) is 0 Å². The Kier molecular flexibility index (Phi) is 9.00. The topological polar surface area (TPSA) is 214 Å². The van der Waals surface area contributed by atoms with Gasteiger partial charge in [-0.3, -0.25) is 4.55 Å². The van der Waals surface area contributed by atoms with Gasteiger partial charge in [0.05, 0.1) is 28.4 Å². The average molecular weight is 567 g/mol. The quantitative estimate of drug-likeness (QED) is 0.243. The third kappa shape index (κ3) is 6.84. The Morgan fingerprint density at radius 3 is 1.71 bits per heavy atom. The summed E-state index contributed by atoms with van der Waals surface area (Å²) in [6.07, 6.45) is 0. The number of phenols is 1. The van der Waals surface area contributed by atoms with Gasteiger partial charge in [-0.2, -0.15) is 28.4 Å². The summed E-state index contributed by atoms with van der Waals surface area (Å²) in [5.41, 5.74) is -0.209. The number of fused-ring (bicyclic) bond motifs is 1. The largest absolute Gasteiger partial charge is 0.505 e. The summed E-state index contributed by atoms with van der Waals surface area (Å²) >= 11 is 5.49. The molecular weight excluding hydrogens is 548 g/mol. The first-order chi connectivity index (χ1) is 18.1.